The zero-order chi connectivity index (χ0) is 17.6. The molecule has 2 heterocycles. The summed E-state index contributed by atoms with van der Waals surface area (Å²) in [5.74, 6) is 0.189. The maximum atomic E-state index is 12.4. The molecular formula is C18H23N5O. The number of nitrogens with zero attached hydrogens (tertiary/aromatic N) is 3. The highest BCUT2D eigenvalue weighted by atomic mass is 16.1. The Bertz CT molecular complexity index is 785. The van der Waals surface area contributed by atoms with Crippen LogP contribution in [0.2, 0.25) is 0 Å². The first kappa shape index (κ1) is 16.2. The summed E-state index contributed by atoms with van der Waals surface area (Å²) in [6.45, 7) is 10.1. The van der Waals surface area contributed by atoms with Gasteiger partial charge >= 0.3 is 0 Å². The van der Waals surface area contributed by atoms with Gasteiger partial charge < -0.3 is 11.1 Å². The number of guanidine groups is 1. The summed E-state index contributed by atoms with van der Waals surface area (Å²) in [5.41, 5.74) is 9.39. The van der Waals surface area contributed by atoms with Crippen molar-refractivity contribution < 1.29 is 4.79 Å². The first-order valence-corrected chi connectivity index (χ1v) is 8.06. The van der Waals surface area contributed by atoms with Crippen LogP contribution in [-0.4, -0.2) is 23.2 Å². The molecule has 126 valence electrons. The van der Waals surface area contributed by atoms with Gasteiger partial charge in [0.1, 0.15) is 11.9 Å². The number of nitrogens with two attached hydrogens (primary N) is 1. The summed E-state index contributed by atoms with van der Waals surface area (Å²) < 4.78 is 0. The number of hydrogen-bond donors (Lipinski definition) is 2. The Morgan fingerprint density at radius 1 is 1.21 bits per heavy atom. The van der Waals surface area contributed by atoms with E-state index in [1.807, 2.05) is 20.8 Å². The number of fused-ring (bicyclic) bond motifs is 1. The molecule has 0 bridgehead atoms. The quantitative estimate of drug-likeness (QED) is 0.893. The molecule has 1 unspecified atom stereocenters. The topological polar surface area (TPSA) is 83.1 Å². The summed E-state index contributed by atoms with van der Waals surface area (Å²) >= 11 is 0. The first-order chi connectivity index (χ1) is 11.3. The smallest absolute Gasteiger partial charge is 0.249 e. The second kappa shape index (κ2) is 5.47. The Labute approximate surface area is 142 Å². The molecule has 2 aliphatic rings. The van der Waals surface area contributed by atoms with Crippen molar-refractivity contribution in [3.05, 3.63) is 46.2 Å². The largest absolute Gasteiger partial charge is 0.366 e. The molecule has 3 N–H and O–H groups in total. The lowest BCUT2D eigenvalue weighted by atomic mass is 9.71. The van der Waals surface area contributed by atoms with Crippen LogP contribution in [0, 0.1) is 19.8 Å². The molecule has 2 aliphatic heterocycles. The van der Waals surface area contributed by atoms with E-state index in [9.17, 15) is 4.79 Å². The SMILES string of the molecule is CC1=C(C(N)=O)C(c2cc(C)cc(C)c2)(C(C)C)N2N=CNC2=N1. The summed E-state index contributed by atoms with van der Waals surface area (Å²) in [7, 11) is 0. The number of allylic oxidation sites excluding steroid dienone is 1. The van der Waals surface area contributed by atoms with E-state index in [1.165, 1.54) is 0 Å². The van der Waals surface area contributed by atoms with Gasteiger partial charge in [0, 0.05) is 0 Å². The second-order valence-electron chi connectivity index (χ2n) is 6.76. The maximum Gasteiger partial charge on any atom is 0.249 e. The van der Waals surface area contributed by atoms with Crippen molar-refractivity contribution in [2.75, 3.05) is 0 Å². The number of amides is 1. The van der Waals surface area contributed by atoms with E-state index >= 15 is 0 Å². The van der Waals surface area contributed by atoms with Gasteiger partial charge in [-0.15, -0.1) is 0 Å². The van der Waals surface area contributed by atoms with E-state index in [2.05, 4.69) is 47.5 Å². The number of hydrazone groups is 1. The zero-order valence-corrected chi connectivity index (χ0v) is 14.7. The highest BCUT2D eigenvalue weighted by molar-refractivity contribution is 6.02. The lowest BCUT2D eigenvalue weighted by Gasteiger charge is -2.46. The fourth-order valence-electron chi connectivity index (χ4n) is 3.89. The molecule has 0 spiro atoms. The van der Waals surface area contributed by atoms with Crippen molar-refractivity contribution in [3.8, 4) is 0 Å². The number of nitrogens with one attached hydrogen (secondary N) is 1. The predicted molar refractivity (Wildman–Crippen MR) is 95.2 cm³/mol. The van der Waals surface area contributed by atoms with E-state index in [1.54, 1.807) is 11.3 Å². The molecule has 1 atom stereocenters. The van der Waals surface area contributed by atoms with Crippen LogP contribution in [0.25, 0.3) is 0 Å². The lowest BCUT2D eigenvalue weighted by molar-refractivity contribution is -0.116. The molecule has 24 heavy (non-hydrogen) atoms. The second-order valence-corrected chi connectivity index (χ2v) is 6.76. The molecule has 3 rings (SSSR count). The van der Waals surface area contributed by atoms with Crippen LogP contribution in [0.15, 0.2) is 39.6 Å². The molecule has 6 nitrogen and oxygen atoms in total. The average Bonchev–Trinajstić information content (AvgIpc) is 2.91. The van der Waals surface area contributed by atoms with Gasteiger partial charge in [-0.1, -0.05) is 43.2 Å². The third-order valence-corrected chi connectivity index (χ3v) is 4.66. The fourth-order valence-corrected chi connectivity index (χ4v) is 3.89. The summed E-state index contributed by atoms with van der Waals surface area (Å²) in [5, 5.41) is 9.31. The number of benzene rings is 1. The fraction of sp³-hybridized carbons (Fsp3) is 0.389. The molecular weight excluding hydrogens is 302 g/mol. The predicted octanol–water partition coefficient (Wildman–Crippen LogP) is 2.13. The van der Waals surface area contributed by atoms with Crippen LogP contribution in [0.3, 0.4) is 0 Å². The standard InChI is InChI=1S/C18H23N5O/c1-10(2)18(14-7-11(3)6-12(4)8-14)15(16(19)24)13(5)22-17-20-9-21-23(17)18/h6-10H,1-5H3,(H2,19,24)(H,20,21,22). The van der Waals surface area contributed by atoms with Gasteiger partial charge in [-0.25, -0.2) is 10.0 Å². The Balaban J connectivity index is 2.40. The van der Waals surface area contributed by atoms with Crippen LogP contribution >= 0.6 is 0 Å². The molecule has 1 aromatic rings. The molecule has 1 amide bonds. The zero-order valence-electron chi connectivity index (χ0n) is 14.7. The van der Waals surface area contributed by atoms with Crippen molar-refractivity contribution in [2.24, 2.45) is 21.7 Å². The van der Waals surface area contributed by atoms with Gasteiger partial charge in [0.05, 0.1) is 11.3 Å². The Hall–Kier alpha value is -2.63. The summed E-state index contributed by atoms with van der Waals surface area (Å²) in [4.78, 5) is 16.9. The lowest BCUT2D eigenvalue weighted by Crippen LogP contribution is -2.56. The summed E-state index contributed by atoms with van der Waals surface area (Å²) in [6.07, 6.45) is 1.59. The number of primary amides is 1. The molecule has 0 aliphatic carbocycles. The van der Waals surface area contributed by atoms with Crippen LogP contribution < -0.4 is 11.1 Å². The highest BCUT2D eigenvalue weighted by Crippen LogP contribution is 2.47. The van der Waals surface area contributed by atoms with Crippen molar-refractivity contribution in [3.63, 3.8) is 0 Å². The van der Waals surface area contributed by atoms with Crippen LogP contribution in [-0.2, 0) is 10.3 Å². The van der Waals surface area contributed by atoms with Crippen LogP contribution in [0.4, 0.5) is 0 Å². The number of carbonyl (C=O) groups excluding carboxylic acids is 1. The van der Waals surface area contributed by atoms with Gasteiger partial charge in [-0.3, -0.25) is 4.79 Å². The van der Waals surface area contributed by atoms with Crippen molar-refractivity contribution in [1.29, 1.82) is 0 Å². The number of rotatable bonds is 3. The molecule has 0 aromatic heterocycles. The van der Waals surface area contributed by atoms with E-state index in [0.29, 0.717) is 17.2 Å². The molecule has 6 heteroatoms. The first-order valence-electron chi connectivity index (χ1n) is 8.06. The minimum absolute atomic E-state index is 0.0405. The van der Waals surface area contributed by atoms with Gasteiger partial charge in [0.15, 0.2) is 0 Å². The normalized spacial score (nSPS) is 22.6. The van der Waals surface area contributed by atoms with Crippen molar-refractivity contribution >= 4 is 18.2 Å². The number of aliphatic imine (C=N–C) groups is 1. The Morgan fingerprint density at radius 2 is 1.83 bits per heavy atom. The summed E-state index contributed by atoms with van der Waals surface area (Å²) in [6, 6.07) is 6.31. The third-order valence-electron chi connectivity index (χ3n) is 4.66. The number of aryl methyl sites for hydroxylation is 2. The molecule has 0 saturated heterocycles. The average molecular weight is 325 g/mol. The monoisotopic (exact) mass is 325 g/mol. The maximum absolute atomic E-state index is 12.4. The van der Waals surface area contributed by atoms with Gasteiger partial charge in [0.25, 0.3) is 0 Å². The van der Waals surface area contributed by atoms with Crippen molar-refractivity contribution in [2.45, 2.75) is 40.2 Å². The Kier molecular flexibility index (Phi) is 3.70. The minimum Gasteiger partial charge on any atom is -0.366 e. The molecule has 1 aromatic carbocycles. The van der Waals surface area contributed by atoms with Gasteiger partial charge in [-0.2, -0.15) is 5.10 Å². The third kappa shape index (κ3) is 2.13. The van der Waals surface area contributed by atoms with E-state index < -0.39 is 11.4 Å². The van der Waals surface area contributed by atoms with E-state index in [0.717, 1.165) is 16.7 Å². The van der Waals surface area contributed by atoms with E-state index in [4.69, 9.17) is 5.73 Å². The van der Waals surface area contributed by atoms with Crippen LogP contribution in [0.5, 0.6) is 0 Å². The number of hydrogen-bond acceptors (Lipinski definition) is 5. The Morgan fingerprint density at radius 3 is 2.38 bits per heavy atom. The van der Waals surface area contributed by atoms with Crippen LogP contribution in [0.1, 0.15) is 37.5 Å². The van der Waals surface area contributed by atoms with Crippen molar-refractivity contribution in [1.82, 2.24) is 10.3 Å². The highest BCUT2D eigenvalue weighted by Gasteiger charge is 2.53. The molecule has 0 fully saturated rings. The molecule has 0 saturated carbocycles. The minimum atomic E-state index is -0.788. The molecule has 0 radical (unpaired) electrons. The number of carbonyl (C=O) groups is 1. The van der Waals surface area contributed by atoms with Gasteiger partial charge in [0.2, 0.25) is 11.9 Å². The van der Waals surface area contributed by atoms with E-state index in [-0.39, 0.29) is 5.92 Å². The van der Waals surface area contributed by atoms with Gasteiger partial charge in [-0.05, 0) is 32.3 Å².